The lowest BCUT2D eigenvalue weighted by Crippen LogP contribution is -2.21. The Balaban J connectivity index is 1.71. The van der Waals surface area contributed by atoms with E-state index in [2.05, 4.69) is 5.10 Å². The highest BCUT2D eigenvalue weighted by Gasteiger charge is 2.23. The van der Waals surface area contributed by atoms with Crippen molar-refractivity contribution in [2.24, 2.45) is 0 Å². The molecule has 6 heteroatoms. The van der Waals surface area contributed by atoms with Gasteiger partial charge in [-0.05, 0) is 19.8 Å². The van der Waals surface area contributed by atoms with E-state index in [-0.39, 0.29) is 24.7 Å². The predicted octanol–water partition coefficient (Wildman–Crippen LogP) is 0.576. The summed E-state index contributed by atoms with van der Waals surface area (Å²) in [6.45, 7) is 2.42. The SMILES string of the molecule is CC1CCC(COC(=O)Cn2cc(N)cn2)O1. The van der Waals surface area contributed by atoms with Gasteiger partial charge in [0.1, 0.15) is 13.2 Å². The monoisotopic (exact) mass is 239 g/mol. The van der Waals surface area contributed by atoms with Crippen molar-refractivity contribution in [1.82, 2.24) is 9.78 Å². The number of carbonyl (C=O) groups excluding carboxylic acids is 1. The molecule has 0 bridgehead atoms. The first-order valence-electron chi connectivity index (χ1n) is 5.72. The number of ether oxygens (including phenoxy) is 2. The van der Waals surface area contributed by atoms with Crippen LogP contribution in [-0.4, -0.2) is 34.6 Å². The number of hydrogen-bond donors (Lipinski definition) is 1. The Labute approximate surface area is 99.7 Å². The van der Waals surface area contributed by atoms with Gasteiger partial charge in [0.25, 0.3) is 0 Å². The first kappa shape index (κ1) is 11.9. The van der Waals surface area contributed by atoms with Gasteiger partial charge in [0.2, 0.25) is 0 Å². The Bertz CT molecular complexity index is 391. The van der Waals surface area contributed by atoms with Crippen LogP contribution in [0.3, 0.4) is 0 Å². The fraction of sp³-hybridized carbons (Fsp3) is 0.636. The second kappa shape index (κ2) is 5.18. The number of nitrogens with two attached hydrogens (primary N) is 1. The Kier molecular flexibility index (Phi) is 3.63. The molecule has 94 valence electrons. The van der Waals surface area contributed by atoms with Crippen LogP contribution in [0.1, 0.15) is 19.8 Å². The molecule has 2 atom stereocenters. The molecule has 6 nitrogen and oxygen atoms in total. The Morgan fingerprint density at radius 2 is 2.53 bits per heavy atom. The molecule has 1 saturated heterocycles. The van der Waals surface area contributed by atoms with Gasteiger partial charge in [-0.3, -0.25) is 9.48 Å². The van der Waals surface area contributed by atoms with E-state index in [0.29, 0.717) is 12.3 Å². The molecule has 2 heterocycles. The number of nitrogens with zero attached hydrogens (tertiary/aromatic N) is 2. The van der Waals surface area contributed by atoms with Crippen LogP contribution in [0.4, 0.5) is 5.69 Å². The summed E-state index contributed by atoms with van der Waals surface area (Å²) in [5.74, 6) is -0.323. The van der Waals surface area contributed by atoms with Crippen molar-refractivity contribution in [2.75, 3.05) is 12.3 Å². The van der Waals surface area contributed by atoms with Crippen LogP contribution in [0.15, 0.2) is 12.4 Å². The lowest BCUT2D eigenvalue weighted by molar-refractivity contribution is -0.148. The molecule has 0 spiro atoms. The molecule has 2 rings (SSSR count). The van der Waals surface area contributed by atoms with Gasteiger partial charge in [-0.15, -0.1) is 0 Å². The zero-order valence-electron chi connectivity index (χ0n) is 9.83. The van der Waals surface area contributed by atoms with Crippen LogP contribution in [-0.2, 0) is 20.8 Å². The number of hydrogen-bond acceptors (Lipinski definition) is 5. The second-order valence-electron chi connectivity index (χ2n) is 4.30. The van der Waals surface area contributed by atoms with Gasteiger partial charge < -0.3 is 15.2 Å². The molecular formula is C11H17N3O3. The quantitative estimate of drug-likeness (QED) is 0.777. The fourth-order valence-corrected chi connectivity index (χ4v) is 1.84. The summed E-state index contributed by atoms with van der Waals surface area (Å²) in [6.07, 6.45) is 5.37. The lowest BCUT2D eigenvalue weighted by atomic mass is 10.2. The second-order valence-corrected chi connectivity index (χ2v) is 4.30. The molecular weight excluding hydrogens is 222 g/mol. The highest BCUT2D eigenvalue weighted by Crippen LogP contribution is 2.19. The third-order valence-corrected chi connectivity index (χ3v) is 2.69. The zero-order valence-corrected chi connectivity index (χ0v) is 9.83. The third kappa shape index (κ3) is 3.45. The van der Waals surface area contributed by atoms with Crippen molar-refractivity contribution in [3.05, 3.63) is 12.4 Å². The van der Waals surface area contributed by atoms with Gasteiger partial charge in [-0.2, -0.15) is 5.10 Å². The first-order valence-corrected chi connectivity index (χ1v) is 5.72. The molecule has 1 aromatic rings. The summed E-state index contributed by atoms with van der Waals surface area (Å²) >= 11 is 0. The van der Waals surface area contributed by atoms with E-state index in [1.165, 1.54) is 10.9 Å². The molecule has 0 amide bonds. The highest BCUT2D eigenvalue weighted by atomic mass is 16.6. The summed E-state index contributed by atoms with van der Waals surface area (Å²) in [6, 6.07) is 0. The molecule has 17 heavy (non-hydrogen) atoms. The summed E-state index contributed by atoms with van der Waals surface area (Å²) in [5, 5.41) is 3.91. The lowest BCUT2D eigenvalue weighted by Gasteiger charge is -2.11. The minimum Gasteiger partial charge on any atom is -0.462 e. The van der Waals surface area contributed by atoms with Crippen LogP contribution >= 0.6 is 0 Å². The molecule has 1 fully saturated rings. The molecule has 1 aliphatic rings. The Morgan fingerprint density at radius 3 is 3.12 bits per heavy atom. The van der Waals surface area contributed by atoms with Gasteiger partial charge in [0.05, 0.1) is 24.1 Å². The summed E-state index contributed by atoms with van der Waals surface area (Å²) < 4.78 is 12.1. The maximum absolute atomic E-state index is 11.5. The third-order valence-electron chi connectivity index (χ3n) is 2.69. The van der Waals surface area contributed by atoms with E-state index >= 15 is 0 Å². The number of esters is 1. The molecule has 2 N–H and O–H groups in total. The van der Waals surface area contributed by atoms with Gasteiger partial charge >= 0.3 is 5.97 Å². The van der Waals surface area contributed by atoms with E-state index in [4.69, 9.17) is 15.2 Å². The number of aromatic nitrogens is 2. The standard InChI is InChI=1S/C11H17N3O3/c1-8-2-3-10(17-8)7-16-11(15)6-14-5-9(12)4-13-14/h4-5,8,10H,2-3,6-7,12H2,1H3. The van der Waals surface area contributed by atoms with E-state index < -0.39 is 0 Å². The number of anilines is 1. The highest BCUT2D eigenvalue weighted by molar-refractivity contribution is 5.69. The number of nitrogen functional groups attached to an aromatic ring is 1. The smallest absolute Gasteiger partial charge is 0.327 e. The van der Waals surface area contributed by atoms with E-state index in [9.17, 15) is 4.79 Å². The first-order chi connectivity index (χ1) is 8.13. The van der Waals surface area contributed by atoms with Crippen molar-refractivity contribution in [1.29, 1.82) is 0 Å². The van der Waals surface area contributed by atoms with Crippen LogP contribution in [0, 0.1) is 0 Å². The topological polar surface area (TPSA) is 79.4 Å². The molecule has 0 saturated carbocycles. The maximum atomic E-state index is 11.5. The molecule has 0 aliphatic carbocycles. The molecule has 1 aromatic heterocycles. The summed E-state index contributed by atoms with van der Waals surface area (Å²) in [4.78, 5) is 11.5. The maximum Gasteiger partial charge on any atom is 0.327 e. The molecule has 1 aliphatic heterocycles. The Morgan fingerprint density at radius 1 is 1.71 bits per heavy atom. The minimum atomic E-state index is -0.323. The minimum absolute atomic E-state index is 0.0386. The summed E-state index contributed by atoms with van der Waals surface area (Å²) in [5.41, 5.74) is 6.02. The summed E-state index contributed by atoms with van der Waals surface area (Å²) in [7, 11) is 0. The van der Waals surface area contributed by atoms with E-state index in [1.54, 1.807) is 6.20 Å². The van der Waals surface area contributed by atoms with Crippen LogP contribution < -0.4 is 5.73 Å². The van der Waals surface area contributed by atoms with Crippen molar-refractivity contribution < 1.29 is 14.3 Å². The Hall–Kier alpha value is -1.56. The zero-order chi connectivity index (χ0) is 12.3. The van der Waals surface area contributed by atoms with Crippen LogP contribution in [0.5, 0.6) is 0 Å². The average Bonchev–Trinajstić information content (AvgIpc) is 2.85. The van der Waals surface area contributed by atoms with Crippen LogP contribution in [0.2, 0.25) is 0 Å². The van der Waals surface area contributed by atoms with Crippen molar-refractivity contribution in [2.45, 2.75) is 38.5 Å². The predicted molar refractivity (Wildman–Crippen MR) is 61.2 cm³/mol. The van der Waals surface area contributed by atoms with Gasteiger partial charge in [-0.1, -0.05) is 0 Å². The number of rotatable bonds is 4. The molecule has 2 unspecified atom stereocenters. The van der Waals surface area contributed by atoms with Crippen molar-refractivity contribution >= 4 is 11.7 Å². The van der Waals surface area contributed by atoms with Crippen molar-refractivity contribution in [3.63, 3.8) is 0 Å². The van der Waals surface area contributed by atoms with E-state index in [1.807, 2.05) is 6.92 Å². The number of carbonyl (C=O) groups is 1. The van der Waals surface area contributed by atoms with Gasteiger partial charge in [0, 0.05) is 6.20 Å². The van der Waals surface area contributed by atoms with Crippen molar-refractivity contribution in [3.8, 4) is 0 Å². The van der Waals surface area contributed by atoms with Gasteiger partial charge in [-0.25, -0.2) is 0 Å². The molecule has 0 aromatic carbocycles. The van der Waals surface area contributed by atoms with E-state index in [0.717, 1.165) is 12.8 Å². The fourth-order valence-electron chi connectivity index (χ4n) is 1.84. The normalized spacial score (nSPS) is 23.8. The largest absolute Gasteiger partial charge is 0.462 e. The van der Waals surface area contributed by atoms with Crippen LogP contribution in [0.25, 0.3) is 0 Å². The average molecular weight is 239 g/mol. The van der Waals surface area contributed by atoms with Gasteiger partial charge in [0.15, 0.2) is 0 Å². The molecule has 0 radical (unpaired) electrons.